The van der Waals surface area contributed by atoms with Crippen LogP contribution in [0.3, 0.4) is 0 Å². The molecular weight excluding hydrogens is 464 g/mol. The van der Waals surface area contributed by atoms with Crippen molar-refractivity contribution in [3.05, 3.63) is 108 Å². The van der Waals surface area contributed by atoms with Crippen molar-refractivity contribution < 1.29 is 14.7 Å². The van der Waals surface area contributed by atoms with E-state index >= 15 is 0 Å². The minimum atomic E-state index is -1.08. The molecule has 7 nitrogen and oxygen atoms in total. The number of nitrogens with one attached hydrogen (secondary N) is 2. The van der Waals surface area contributed by atoms with Crippen LogP contribution in [0.4, 0.5) is 10.5 Å². The van der Waals surface area contributed by atoms with Gasteiger partial charge in [-0.15, -0.1) is 0 Å². The van der Waals surface area contributed by atoms with Gasteiger partial charge in [-0.25, -0.2) is 9.59 Å². The largest absolute Gasteiger partial charge is 0.478 e. The number of urea groups is 1. The summed E-state index contributed by atoms with van der Waals surface area (Å²) in [6.07, 6.45) is 2.72. The second kappa shape index (κ2) is 10.8. The number of carbonyl (C=O) groups excluding carboxylic acids is 1. The minimum absolute atomic E-state index is 0.0332. The smallest absolute Gasteiger partial charge is 0.337 e. The van der Waals surface area contributed by atoms with Gasteiger partial charge in [0.15, 0.2) is 0 Å². The highest BCUT2D eigenvalue weighted by atomic mass is 16.4. The van der Waals surface area contributed by atoms with Gasteiger partial charge in [0.25, 0.3) is 0 Å². The molecule has 2 amide bonds. The number of amides is 2. The van der Waals surface area contributed by atoms with Crippen molar-refractivity contribution in [1.82, 2.24) is 15.2 Å². The summed E-state index contributed by atoms with van der Waals surface area (Å²) in [4.78, 5) is 30.2. The molecule has 1 saturated heterocycles. The lowest BCUT2D eigenvalue weighted by Gasteiger charge is -2.23. The van der Waals surface area contributed by atoms with Gasteiger partial charge in [-0.05, 0) is 40.8 Å². The Morgan fingerprint density at radius 3 is 2.57 bits per heavy atom. The molecule has 0 radical (unpaired) electrons. The number of hydrogen-bond acceptors (Lipinski definition) is 4. The summed E-state index contributed by atoms with van der Waals surface area (Å²) in [5, 5.41) is 18.2. The van der Waals surface area contributed by atoms with Crippen LogP contribution in [-0.4, -0.2) is 46.6 Å². The van der Waals surface area contributed by atoms with E-state index in [1.165, 1.54) is 40.4 Å². The molecule has 37 heavy (non-hydrogen) atoms. The maximum atomic E-state index is 13.1. The minimum Gasteiger partial charge on any atom is -0.478 e. The van der Waals surface area contributed by atoms with Gasteiger partial charge in [0.1, 0.15) is 0 Å². The molecule has 0 unspecified atom stereocenters. The number of benzene rings is 3. The second-order valence-corrected chi connectivity index (χ2v) is 9.58. The molecule has 0 aliphatic carbocycles. The number of nitrogens with zero attached hydrogens (tertiary/aromatic N) is 2. The first-order chi connectivity index (χ1) is 18.0. The van der Waals surface area contributed by atoms with Gasteiger partial charge in [-0.2, -0.15) is 0 Å². The predicted molar refractivity (Wildman–Crippen MR) is 145 cm³/mol. The Bertz CT molecular complexity index is 1400. The number of hydrogen-bond donors (Lipinski definition) is 3. The Labute approximate surface area is 216 Å². The maximum Gasteiger partial charge on any atom is 0.337 e. The Morgan fingerprint density at radius 1 is 1.00 bits per heavy atom. The quantitative estimate of drug-likeness (QED) is 0.314. The van der Waals surface area contributed by atoms with Crippen molar-refractivity contribution in [2.45, 2.75) is 18.9 Å². The third-order valence-electron chi connectivity index (χ3n) is 7.17. The van der Waals surface area contributed by atoms with Crippen molar-refractivity contribution in [3.63, 3.8) is 0 Å². The molecule has 4 aromatic rings. The van der Waals surface area contributed by atoms with E-state index in [1.54, 1.807) is 4.90 Å². The highest BCUT2D eigenvalue weighted by molar-refractivity contribution is 5.92. The Hall–Kier alpha value is -4.23. The molecule has 0 saturated carbocycles. The second-order valence-electron chi connectivity index (χ2n) is 9.58. The number of anilines is 1. The van der Waals surface area contributed by atoms with Crippen LogP contribution in [0.1, 0.15) is 40.4 Å². The zero-order chi connectivity index (χ0) is 25.8. The highest BCUT2D eigenvalue weighted by Gasteiger charge is 2.36. The van der Waals surface area contributed by atoms with Gasteiger partial charge in [-0.1, -0.05) is 72.8 Å². The predicted octanol–water partition coefficient (Wildman–Crippen LogP) is 5.53. The number of likely N-dealkylation sites (tertiary alicyclic amines) is 1. The summed E-state index contributed by atoms with van der Waals surface area (Å²) in [5.41, 5.74) is 2.86. The molecule has 5 rings (SSSR count). The summed E-state index contributed by atoms with van der Waals surface area (Å²) >= 11 is 0. The third-order valence-corrected chi connectivity index (χ3v) is 7.17. The summed E-state index contributed by atoms with van der Waals surface area (Å²) in [7, 11) is 0. The summed E-state index contributed by atoms with van der Waals surface area (Å²) in [6.45, 7) is 4.11. The number of carboxylic acid groups (broad SMARTS) is 1. The Kier molecular flexibility index (Phi) is 7.14. The number of aromatic nitrogens is 1. The van der Waals surface area contributed by atoms with E-state index in [9.17, 15) is 14.7 Å². The summed E-state index contributed by atoms with van der Waals surface area (Å²) in [5.74, 6) is -0.683. The first-order valence-electron chi connectivity index (χ1n) is 12.5. The number of pyridine rings is 1. The van der Waals surface area contributed by atoms with Crippen molar-refractivity contribution in [3.8, 4) is 0 Å². The average molecular weight is 495 g/mol. The lowest BCUT2D eigenvalue weighted by atomic mass is 9.88. The standard InChI is InChI=1S/C30H30N4O3/c1-20(26-13-7-11-21-10-5-6-12-27(21)26)32-16-24-18-34(19-28(24)22-8-3-2-4-9-22)30(37)33-25-14-23(29(35)36)15-31-17-25/h2-15,17,20,24,28,32H,16,18-19H2,1H3,(H,33,37)(H,35,36)/t20-,24+,28-/m1/s1. The molecule has 188 valence electrons. The SMILES string of the molecule is C[C@@H](NC[C@H]1CN(C(=O)Nc2cncc(C(=O)O)c2)C[C@@H]1c1ccccc1)c1cccc2ccccc12. The van der Waals surface area contributed by atoms with E-state index in [2.05, 4.69) is 77.1 Å². The fourth-order valence-corrected chi connectivity index (χ4v) is 5.22. The number of carbonyl (C=O) groups is 2. The van der Waals surface area contributed by atoms with Crippen LogP contribution >= 0.6 is 0 Å². The molecular formula is C30H30N4O3. The lowest BCUT2D eigenvalue weighted by Crippen LogP contribution is -2.34. The number of rotatable bonds is 7. The highest BCUT2D eigenvalue weighted by Crippen LogP contribution is 2.33. The topological polar surface area (TPSA) is 94.6 Å². The van der Waals surface area contributed by atoms with Crippen LogP contribution in [0.5, 0.6) is 0 Å². The van der Waals surface area contributed by atoms with Crippen LogP contribution in [-0.2, 0) is 0 Å². The van der Waals surface area contributed by atoms with Gasteiger partial charge in [0.2, 0.25) is 0 Å². The molecule has 1 aromatic heterocycles. The first-order valence-corrected chi connectivity index (χ1v) is 12.5. The van der Waals surface area contributed by atoms with Gasteiger partial charge < -0.3 is 20.6 Å². The van der Waals surface area contributed by atoms with Gasteiger partial charge in [-0.3, -0.25) is 4.98 Å². The first kappa shape index (κ1) is 24.5. The van der Waals surface area contributed by atoms with E-state index < -0.39 is 5.97 Å². The van der Waals surface area contributed by atoms with E-state index in [4.69, 9.17) is 0 Å². The Balaban J connectivity index is 1.31. The fourth-order valence-electron chi connectivity index (χ4n) is 5.22. The molecule has 3 aromatic carbocycles. The molecule has 3 atom stereocenters. The number of fused-ring (bicyclic) bond motifs is 1. The van der Waals surface area contributed by atoms with Crippen molar-refractivity contribution in [1.29, 1.82) is 0 Å². The molecule has 2 heterocycles. The monoisotopic (exact) mass is 494 g/mol. The molecule has 1 fully saturated rings. The molecule has 1 aliphatic heterocycles. The number of aromatic carboxylic acids is 1. The van der Waals surface area contributed by atoms with Crippen molar-refractivity contribution in [2.75, 3.05) is 25.0 Å². The molecule has 0 spiro atoms. The van der Waals surface area contributed by atoms with Crippen LogP contribution < -0.4 is 10.6 Å². The van der Waals surface area contributed by atoms with Gasteiger partial charge in [0.05, 0.1) is 17.4 Å². The van der Waals surface area contributed by atoms with E-state index in [1.807, 2.05) is 18.2 Å². The van der Waals surface area contributed by atoms with Crippen LogP contribution in [0, 0.1) is 5.92 Å². The van der Waals surface area contributed by atoms with Crippen LogP contribution in [0.2, 0.25) is 0 Å². The molecule has 7 heteroatoms. The Morgan fingerprint density at radius 2 is 1.76 bits per heavy atom. The van der Waals surface area contributed by atoms with E-state index in [-0.39, 0.29) is 29.5 Å². The zero-order valence-electron chi connectivity index (χ0n) is 20.7. The molecule has 3 N–H and O–H groups in total. The van der Waals surface area contributed by atoms with Crippen LogP contribution in [0.15, 0.2) is 91.3 Å². The summed E-state index contributed by atoms with van der Waals surface area (Å²) in [6, 6.07) is 26.4. The van der Waals surface area contributed by atoms with E-state index in [0.717, 1.165) is 6.54 Å². The summed E-state index contributed by atoms with van der Waals surface area (Å²) < 4.78 is 0. The number of carboxylic acids is 1. The third kappa shape index (κ3) is 5.47. The van der Waals surface area contributed by atoms with Crippen molar-refractivity contribution in [2.24, 2.45) is 5.92 Å². The average Bonchev–Trinajstić information content (AvgIpc) is 3.36. The molecule has 1 aliphatic rings. The lowest BCUT2D eigenvalue weighted by molar-refractivity contribution is 0.0696. The van der Waals surface area contributed by atoms with Gasteiger partial charge in [0, 0.05) is 37.8 Å². The van der Waals surface area contributed by atoms with Gasteiger partial charge >= 0.3 is 12.0 Å². The van der Waals surface area contributed by atoms with Crippen molar-refractivity contribution >= 4 is 28.5 Å². The van der Waals surface area contributed by atoms with Crippen LogP contribution in [0.25, 0.3) is 10.8 Å². The normalized spacial score (nSPS) is 18.0. The fraction of sp³-hybridized carbons (Fsp3) is 0.233. The van der Waals surface area contributed by atoms with E-state index in [0.29, 0.717) is 18.8 Å². The zero-order valence-corrected chi connectivity index (χ0v) is 20.7. The molecule has 0 bridgehead atoms. The maximum absolute atomic E-state index is 13.1.